The van der Waals surface area contributed by atoms with E-state index in [0.717, 1.165) is 0 Å². The third kappa shape index (κ3) is 2.39. The molecule has 1 heterocycles. The number of hydrogen-bond acceptors (Lipinski definition) is 1. The minimum atomic E-state index is -2.28. The van der Waals surface area contributed by atoms with Gasteiger partial charge in [0.1, 0.15) is 0 Å². The van der Waals surface area contributed by atoms with E-state index in [-0.39, 0.29) is 0 Å². The SMILES string of the molecule is CCB1OB(CC)[C](CC)([Pb]([CH3])([CH3])[CH3])C1(CC)CC. The molecule has 0 bridgehead atoms. The molecule has 0 spiro atoms. The van der Waals surface area contributed by atoms with Crippen LogP contribution in [0.2, 0.25) is 34.3 Å². The van der Waals surface area contributed by atoms with Gasteiger partial charge in [0.2, 0.25) is 0 Å². The molecule has 1 fully saturated rings. The van der Waals surface area contributed by atoms with Crippen LogP contribution in [0, 0.1) is 0 Å². The number of rotatable bonds is 6. The van der Waals surface area contributed by atoms with Crippen molar-refractivity contribution in [2.45, 2.75) is 88.2 Å². The van der Waals surface area contributed by atoms with Crippen molar-refractivity contribution < 1.29 is 4.57 Å². The van der Waals surface area contributed by atoms with E-state index in [1.54, 1.807) is 0 Å². The van der Waals surface area contributed by atoms with Gasteiger partial charge in [-0.1, -0.05) is 0 Å². The molecule has 1 unspecified atom stereocenters. The summed E-state index contributed by atoms with van der Waals surface area (Å²) in [5.41, 5.74) is 0. The molecule has 4 heteroatoms. The van der Waals surface area contributed by atoms with Gasteiger partial charge in [0.15, 0.2) is 0 Å². The Kier molecular flexibility index (Phi) is 6.10. The van der Waals surface area contributed by atoms with Crippen LogP contribution in [0.4, 0.5) is 0 Å². The molecular formula is C15H34B2OPb. The van der Waals surface area contributed by atoms with Gasteiger partial charge in [-0.15, -0.1) is 0 Å². The molecule has 0 radical (unpaired) electrons. The summed E-state index contributed by atoms with van der Waals surface area (Å²) in [7, 11) is 0. The quantitative estimate of drug-likeness (QED) is 0.468. The third-order valence-corrected chi connectivity index (χ3v) is 21.2. The van der Waals surface area contributed by atoms with Crippen molar-refractivity contribution in [2.75, 3.05) is 0 Å². The van der Waals surface area contributed by atoms with Crippen molar-refractivity contribution in [3.05, 3.63) is 0 Å². The predicted octanol–water partition coefficient (Wildman–Crippen LogP) is 5.63. The summed E-state index contributed by atoms with van der Waals surface area (Å²) in [4.78, 5) is 0. The van der Waals surface area contributed by atoms with Gasteiger partial charge in [-0.05, 0) is 0 Å². The van der Waals surface area contributed by atoms with Crippen LogP contribution in [0.3, 0.4) is 0 Å². The van der Waals surface area contributed by atoms with Gasteiger partial charge in [0.05, 0.1) is 0 Å². The second kappa shape index (κ2) is 6.41. The summed E-state index contributed by atoms with van der Waals surface area (Å²) < 4.78 is 15.1. The van der Waals surface area contributed by atoms with E-state index in [9.17, 15) is 0 Å². The average Bonchev–Trinajstić information content (AvgIpc) is 2.67. The van der Waals surface area contributed by atoms with Crippen molar-refractivity contribution in [1.29, 1.82) is 0 Å². The molecule has 1 aliphatic rings. The topological polar surface area (TPSA) is 9.23 Å². The first kappa shape index (κ1) is 18.1. The van der Waals surface area contributed by atoms with Crippen molar-refractivity contribution in [3.63, 3.8) is 0 Å². The average molecular weight is 459 g/mol. The standard InChI is InChI=1S/C12H25B2O.3CH3.Pb/c1-6-11-12(7-2,8-3)14(10-5)15-13(11)9-4;;;;/h6-10H2,1-5H3;3*1H3;. The molecule has 1 atom stereocenters. The molecular weight excluding hydrogens is 425 g/mol. The second-order valence-corrected chi connectivity index (χ2v) is 28.3. The Balaban J connectivity index is 3.49. The first-order chi connectivity index (χ1) is 8.81. The Morgan fingerprint density at radius 2 is 1.26 bits per heavy atom. The summed E-state index contributed by atoms with van der Waals surface area (Å²) in [6.45, 7) is 12.9. The first-order valence-corrected chi connectivity index (χ1v) is 22.1. The Bertz CT molecular complexity index is 299. The van der Waals surface area contributed by atoms with E-state index in [0.29, 0.717) is 22.0 Å². The molecule has 110 valence electrons. The van der Waals surface area contributed by atoms with Gasteiger partial charge in [0, 0.05) is 0 Å². The Morgan fingerprint density at radius 1 is 0.789 bits per heavy atom. The summed E-state index contributed by atoms with van der Waals surface area (Å²) in [6.07, 6.45) is 6.30. The maximum atomic E-state index is 6.65. The van der Waals surface area contributed by atoms with Gasteiger partial charge in [-0.25, -0.2) is 0 Å². The zero-order chi connectivity index (χ0) is 14.9. The van der Waals surface area contributed by atoms with E-state index in [1.807, 2.05) is 0 Å². The molecule has 0 aromatic rings. The molecule has 1 aliphatic heterocycles. The van der Waals surface area contributed by atoms with E-state index in [4.69, 9.17) is 4.57 Å². The van der Waals surface area contributed by atoms with Crippen LogP contribution >= 0.6 is 0 Å². The fourth-order valence-corrected chi connectivity index (χ4v) is 22.4. The zero-order valence-corrected chi connectivity index (χ0v) is 18.5. The van der Waals surface area contributed by atoms with Gasteiger partial charge in [-0.3, -0.25) is 0 Å². The van der Waals surface area contributed by atoms with Crippen LogP contribution in [0.1, 0.15) is 53.9 Å². The first-order valence-electron chi connectivity index (χ1n) is 8.46. The number of hydrogen-bond donors (Lipinski definition) is 0. The molecule has 19 heavy (non-hydrogen) atoms. The second-order valence-electron chi connectivity index (χ2n) is 7.37. The van der Waals surface area contributed by atoms with Crippen molar-refractivity contribution >= 4 is 35.0 Å². The van der Waals surface area contributed by atoms with Crippen molar-refractivity contribution in [3.8, 4) is 0 Å². The van der Waals surface area contributed by atoms with Crippen LogP contribution in [0.5, 0.6) is 0 Å². The normalized spacial score (nSPS) is 27.2. The van der Waals surface area contributed by atoms with Gasteiger partial charge < -0.3 is 0 Å². The summed E-state index contributed by atoms with van der Waals surface area (Å²) in [6, 6.07) is 0. The van der Waals surface area contributed by atoms with E-state index < -0.39 is 21.2 Å². The summed E-state index contributed by atoms with van der Waals surface area (Å²) in [5, 5.41) is 0.441. The third-order valence-electron chi connectivity index (χ3n) is 6.28. The Labute approximate surface area is 127 Å². The molecule has 0 aliphatic carbocycles. The van der Waals surface area contributed by atoms with E-state index in [2.05, 4.69) is 48.1 Å². The monoisotopic (exact) mass is 460 g/mol. The predicted molar refractivity (Wildman–Crippen MR) is 93.2 cm³/mol. The van der Waals surface area contributed by atoms with Gasteiger partial charge >= 0.3 is 128 Å². The molecule has 0 N–H and O–H groups in total. The van der Waals surface area contributed by atoms with E-state index >= 15 is 0 Å². The van der Waals surface area contributed by atoms with Gasteiger partial charge in [-0.2, -0.15) is 0 Å². The van der Waals surface area contributed by atoms with Crippen LogP contribution in [0.25, 0.3) is 0 Å². The van der Waals surface area contributed by atoms with E-state index in [1.165, 1.54) is 31.9 Å². The molecule has 1 nitrogen and oxygen atoms in total. The minimum absolute atomic E-state index is 0.441. The molecule has 1 saturated heterocycles. The maximum absolute atomic E-state index is 6.65. The molecule has 0 aromatic carbocycles. The Hall–Kier alpha value is 1.01. The van der Waals surface area contributed by atoms with Crippen LogP contribution in [-0.2, 0) is 4.57 Å². The zero-order valence-electron chi connectivity index (χ0n) is 14.6. The molecule has 1 rings (SSSR count). The van der Waals surface area contributed by atoms with Crippen molar-refractivity contribution in [1.82, 2.24) is 0 Å². The van der Waals surface area contributed by atoms with Crippen LogP contribution in [0.15, 0.2) is 0 Å². The fraction of sp³-hybridized carbons (Fsp3) is 1.00. The molecule has 0 aromatic heterocycles. The molecule has 0 saturated carbocycles. The summed E-state index contributed by atoms with van der Waals surface area (Å²) in [5.74, 6) is 0. The molecule has 0 amide bonds. The van der Waals surface area contributed by atoms with Crippen molar-refractivity contribution in [2.24, 2.45) is 0 Å². The van der Waals surface area contributed by atoms with Crippen LogP contribution < -0.4 is 0 Å². The Morgan fingerprint density at radius 3 is 1.53 bits per heavy atom. The van der Waals surface area contributed by atoms with Gasteiger partial charge in [0.25, 0.3) is 0 Å². The van der Waals surface area contributed by atoms with Crippen LogP contribution in [-0.4, -0.2) is 35.0 Å². The fourth-order valence-electron chi connectivity index (χ4n) is 5.66. The summed E-state index contributed by atoms with van der Waals surface area (Å²) >= 11 is -2.28.